The molecule has 0 N–H and O–H groups in total. The average molecular weight is 1570 g/mol. The van der Waals surface area contributed by atoms with E-state index in [1.807, 2.05) is 74.6 Å². The van der Waals surface area contributed by atoms with E-state index in [2.05, 4.69) is 371 Å². The lowest BCUT2D eigenvalue weighted by atomic mass is 10.1. The second-order valence-corrected chi connectivity index (χ2v) is 40.6. The maximum Gasteiger partial charge on any atom is 0.111 e. The van der Waals surface area contributed by atoms with E-state index in [1.54, 1.807) is 16.2 Å². The molecule has 9 aromatic rings. The first kappa shape index (κ1) is 99.6. The van der Waals surface area contributed by atoms with E-state index in [1.165, 1.54) is 113 Å². The molecule has 0 bridgehead atoms. The van der Waals surface area contributed by atoms with Gasteiger partial charge in [-0.3, -0.25) is 4.68 Å². The Labute approximate surface area is 676 Å². The maximum atomic E-state index is 4.67. The summed E-state index contributed by atoms with van der Waals surface area (Å²) in [6.07, 6.45) is 2.00. The third-order valence-electron chi connectivity index (χ3n) is 17.9. The van der Waals surface area contributed by atoms with Crippen molar-refractivity contribution in [3.05, 3.63) is 165 Å². The summed E-state index contributed by atoms with van der Waals surface area (Å²) in [6.45, 7) is 88.2. The van der Waals surface area contributed by atoms with Crippen molar-refractivity contribution >= 4 is 68.0 Å². The van der Waals surface area contributed by atoms with Crippen molar-refractivity contribution in [3.8, 4) is 0 Å². The third kappa shape index (κ3) is 32.9. The summed E-state index contributed by atoms with van der Waals surface area (Å²) < 4.78 is 6.44. The number of aryl methyl sites for hydroxylation is 4. The quantitative estimate of drug-likeness (QED) is 0.0850. The highest BCUT2D eigenvalue weighted by molar-refractivity contribution is 7.13. The molecular formula is C91H155N9S6. The Hall–Kier alpha value is -4.38. The molecule has 0 saturated carbocycles. The number of nitrogens with zero attached hydrogens (tertiary/aromatic N) is 9. The largest absolute Gasteiger partial charge is 0.335 e. The van der Waals surface area contributed by atoms with Gasteiger partial charge in [-0.2, -0.15) is 5.10 Å². The molecule has 9 rings (SSSR count). The smallest absolute Gasteiger partial charge is 0.111 e. The zero-order valence-electron chi connectivity index (χ0n) is 75.5. The number of rotatable bonds is 18. The van der Waals surface area contributed by atoms with E-state index in [4.69, 9.17) is 0 Å². The molecule has 15 heteroatoms. The molecule has 9 heterocycles. The monoisotopic (exact) mass is 1570 g/mol. The Morgan fingerprint density at radius 3 is 1.05 bits per heavy atom. The first-order valence-corrected chi connectivity index (χ1v) is 45.2. The van der Waals surface area contributed by atoms with Crippen molar-refractivity contribution in [2.75, 3.05) is 0 Å². The fourth-order valence-electron chi connectivity index (χ4n) is 11.2. The summed E-state index contributed by atoms with van der Waals surface area (Å²) in [5.41, 5.74) is 13.0. The van der Waals surface area contributed by atoms with Gasteiger partial charge in [0.1, 0.15) is 11.6 Å². The number of thiazole rings is 3. The minimum Gasteiger partial charge on any atom is -0.335 e. The summed E-state index contributed by atoms with van der Waals surface area (Å²) in [5.74, 6) is 13.2. The van der Waals surface area contributed by atoms with Crippen molar-refractivity contribution in [2.24, 2.45) is 21.1 Å². The van der Waals surface area contributed by atoms with Gasteiger partial charge in [0.15, 0.2) is 0 Å². The molecule has 106 heavy (non-hydrogen) atoms. The predicted molar refractivity (Wildman–Crippen MR) is 481 cm³/mol. The molecule has 9 aromatic heterocycles. The van der Waals surface area contributed by atoms with Crippen LogP contribution in [0, 0.1) is 27.7 Å². The van der Waals surface area contributed by atoms with Gasteiger partial charge in [-0.15, -0.1) is 68.0 Å². The zero-order valence-corrected chi connectivity index (χ0v) is 80.4. The summed E-state index contributed by atoms with van der Waals surface area (Å²) in [4.78, 5) is 33.1. The molecule has 0 radical (unpaired) electrons. The van der Waals surface area contributed by atoms with Gasteiger partial charge in [-0.25, -0.2) is 24.9 Å². The normalized spacial score (nSPS) is 11.6. The van der Waals surface area contributed by atoms with E-state index in [-0.39, 0.29) is 0 Å². The van der Waals surface area contributed by atoms with E-state index >= 15 is 0 Å². The van der Waals surface area contributed by atoms with Crippen molar-refractivity contribution in [1.29, 1.82) is 0 Å². The molecule has 600 valence electrons. The molecule has 0 aliphatic rings. The minimum atomic E-state index is 0.510. The molecule has 0 unspecified atom stereocenters. The third-order valence-corrected chi connectivity index (χ3v) is 27.2. The van der Waals surface area contributed by atoms with Crippen LogP contribution in [0.1, 0.15) is 473 Å². The fourth-order valence-corrected chi connectivity index (χ4v) is 17.5. The number of aromatic nitrogens is 9. The fraction of sp³-hybridized carbons (Fsp3) is 0.670. The topological polar surface area (TPSA) is 92.1 Å². The van der Waals surface area contributed by atoms with Gasteiger partial charge in [-0.05, 0) is 151 Å². The van der Waals surface area contributed by atoms with Crippen molar-refractivity contribution in [1.82, 2.24) is 43.8 Å². The van der Waals surface area contributed by atoms with Gasteiger partial charge in [0.05, 0.1) is 43.5 Å². The van der Waals surface area contributed by atoms with E-state index < -0.39 is 0 Å². The van der Waals surface area contributed by atoms with Crippen LogP contribution >= 0.6 is 68.0 Å². The Balaban J connectivity index is 0.000000597. The Morgan fingerprint density at radius 1 is 0.321 bits per heavy atom. The number of imidazole rings is 2. The van der Waals surface area contributed by atoms with Crippen LogP contribution in [0.2, 0.25) is 0 Å². The van der Waals surface area contributed by atoms with Crippen LogP contribution in [-0.4, -0.2) is 43.8 Å². The van der Waals surface area contributed by atoms with Crippen molar-refractivity contribution in [2.45, 2.75) is 383 Å². The van der Waals surface area contributed by atoms with Crippen LogP contribution < -0.4 is 0 Å². The summed E-state index contributed by atoms with van der Waals surface area (Å²) >= 11 is 11.3. The highest BCUT2D eigenvalue weighted by atomic mass is 32.1. The van der Waals surface area contributed by atoms with Gasteiger partial charge < -0.3 is 9.13 Å². The molecular weight excluding hydrogens is 1410 g/mol. The van der Waals surface area contributed by atoms with Crippen molar-refractivity contribution < 1.29 is 0 Å². The molecule has 0 atom stereocenters. The van der Waals surface area contributed by atoms with Crippen LogP contribution in [0.25, 0.3) is 0 Å². The van der Waals surface area contributed by atoms with Gasteiger partial charge in [0, 0.05) is 114 Å². The Bertz CT molecular complexity index is 3370. The molecule has 0 aliphatic heterocycles. The van der Waals surface area contributed by atoms with Gasteiger partial charge >= 0.3 is 0 Å². The SMILES string of the molecule is CC(C)c1cc(C(C)C)n(C)n1.CC(C)c1ccc(C(C)C)s1.CC(C)c1cnc(C(C)C)s1.CC(C)c1csc(C(C)C)c1.CC(C)c1csc(C(C)C)n1.Cc1c(C(C)C)nc(C(C)C)n1C.Cc1cc(C(C)C)sc1C(C)C.Cc1nc(C(C)C)n(C)c1C(C)C.Cc1nc(C(C)C)sc1C(C)C. The maximum absolute atomic E-state index is 4.67. The zero-order chi connectivity index (χ0) is 82.0. The number of thiophene rings is 3. The van der Waals surface area contributed by atoms with Crippen LogP contribution in [0.4, 0.5) is 0 Å². The first-order valence-electron chi connectivity index (χ1n) is 40.2. The first-order chi connectivity index (χ1) is 48.9. The minimum absolute atomic E-state index is 0.510. The highest BCUT2D eigenvalue weighted by Crippen LogP contribution is 2.35. The van der Waals surface area contributed by atoms with E-state index in [0.29, 0.717) is 107 Å². The molecule has 0 saturated heterocycles. The van der Waals surface area contributed by atoms with Gasteiger partial charge in [0.2, 0.25) is 0 Å². The Morgan fingerprint density at radius 2 is 0.802 bits per heavy atom. The highest BCUT2D eigenvalue weighted by Gasteiger charge is 2.19. The lowest BCUT2D eigenvalue weighted by Crippen LogP contribution is -2.04. The lowest BCUT2D eigenvalue weighted by molar-refractivity contribution is 0.653. The van der Waals surface area contributed by atoms with Gasteiger partial charge in [-0.1, -0.05) is 249 Å². The van der Waals surface area contributed by atoms with Crippen LogP contribution in [0.3, 0.4) is 0 Å². The van der Waals surface area contributed by atoms with E-state index in [0.717, 1.165) is 0 Å². The molecule has 0 aromatic carbocycles. The second kappa shape index (κ2) is 47.7. The summed E-state index contributed by atoms with van der Waals surface area (Å²) in [6, 6.07) is 11.4. The lowest BCUT2D eigenvalue weighted by Gasteiger charge is -2.10. The average Bonchev–Trinajstić information content (AvgIpc) is 1.67. The summed E-state index contributed by atoms with van der Waals surface area (Å²) in [7, 11) is 6.23. The second-order valence-electron chi connectivity index (χ2n) is 34.3. The van der Waals surface area contributed by atoms with Crippen LogP contribution in [0.15, 0.2) is 47.3 Å². The van der Waals surface area contributed by atoms with Crippen LogP contribution in [-0.2, 0) is 21.1 Å². The Kier molecular flexibility index (Phi) is 44.9. The van der Waals surface area contributed by atoms with E-state index in [9.17, 15) is 0 Å². The number of hydrogen-bond donors (Lipinski definition) is 0. The van der Waals surface area contributed by atoms with Crippen LogP contribution in [0.5, 0.6) is 0 Å². The molecule has 0 amide bonds. The van der Waals surface area contributed by atoms with Crippen molar-refractivity contribution in [3.63, 3.8) is 0 Å². The van der Waals surface area contributed by atoms with Gasteiger partial charge in [0.25, 0.3) is 0 Å². The predicted octanol–water partition coefficient (Wildman–Crippen LogP) is 31.4. The molecule has 9 nitrogen and oxygen atoms in total. The number of hydrogen-bond acceptors (Lipinski definition) is 12. The molecule has 0 fully saturated rings. The standard InChI is InChI=1S/2C11H20N2.C11H18S.C10H18N2.C10H17NS.2C10H16S.2C9H15NS/c1-7(2)10-9(5)13(6)11(12-10)8(3)4;1-7(2)10-9(5)12-11(8(3)4)13(10)6;1-7(2)10-6-9(5)11(12-10)8(3)4;1-7(2)9-6-10(8(3)4)12(5)11-9;1-6(2)9-8(5)11-10(12-9)7(3)4;1-7(2)9-5-10(8(3)4)11-6-9;1-7(2)9-5-6-10(11-9)8(3)4;1-6(2)8-5-11-9(10-8)7(3)4;1-6(2)8-5-10-9(11-8)7(3)4/h2*7-8H,1-6H3;2*6-8H,1-5H3;6-7H,1-5H3;2*5-8H,1-4H3;2*5-7H,1-4H3. The molecule has 0 spiro atoms. The summed E-state index contributed by atoms with van der Waals surface area (Å²) in [5, 5.41) is 12.7. The molecule has 0 aliphatic carbocycles.